The molecule has 4 amide bonds. The molecule has 0 radical (unpaired) electrons. The molecule has 2 saturated heterocycles. The van der Waals surface area contributed by atoms with E-state index < -0.39 is 11.9 Å². The summed E-state index contributed by atoms with van der Waals surface area (Å²) in [6, 6.07) is 16.5. The Kier molecular flexibility index (Phi) is 7.08. The second-order valence-corrected chi connectivity index (χ2v) is 10.6. The van der Waals surface area contributed by atoms with Gasteiger partial charge in [-0.25, -0.2) is 8.78 Å². The number of rotatable bonds is 5. The molecule has 3 heterocycles. The normalized spacial score (nSPS) is 19.5. The number of piperidine rings is 1. The molecule has 1 N–H and O–H groups in total. The maximum atomic E-state index is 14.1. The van der Waals surface area contributed by atoms with E-state index in [1.54, 1.807) is 35.2 Å². The fourth-order valence-corrected chi connectivity index (χ4v) is 6.02. The summed E-state index contributed by atoms with van der Waals surface area (Å²) in [7, 11) is 0. The summed E-state index contributed by atoms with van der Waals surface area (Å²) in [5.74, 6) is -2.12. The van der Waals surface area contributed by atoms with Crippen molar-refractivity contribution in [3.05, 3.63) is 106 Å². The Morgan fingerprint density at radius 3 is 2.12 bits per heavy atom. The molecule has 0 aliphatic carbocycles. The van der Waals surface area contributed by atoms with Gasteiger partial charge in [0.25, 0.3) is 11.8 Å². The van der Waals surface area contributed by atoms with Crippen LogP contribution in [-0.2, 0) is 16.1 Å². The Labute approximate surface area is 235 Å². The van der Waals surface area contributed by atoms with Crippen LogP contribution in [0, 0.1) is 11.6 Å². The van der Waals surface area contributed by atoms with E-state index in [9.17, 15) is 28.0 Å². The molecule has 1 unspecified atom stereocenters. The Balaban J connectivity index is 1.16. The van der Waals surface area contributed by atoms with Crippen molar-refractivity contribution in [2.24, 2.45) is 0 Å². The Morgan fingerprint density at radius 1 is 0.854 bits per heavy atom. The first kappa shape index (κ1) is 26.8. The SMILES string of the molecule is O=C1CCC(N2Cc3ccc(C(=O)N4CCN(C(c5cccc(F)c5)c5cccc(F)c5)CC4)cc3C2=O)C(=O)N1. The first-order valence-electron chi connectivity index (χ1n) is 13.6. The molecular weight excluding hydrogens is 530 g/mol. The lowest BCUT2D eigenvalue weighted by molar-refractivity contribution is -0.136. The molecule has 3 aromatic rings. The van der Waals surface area contributed by atoms with Gasteiger partial charge in [-0.05, 0) is 59.5 Å². The zero-order valence-corrected chi connectivity index (χ0v) is 22.2. The van der Waals surface area contributed by atoms with Crippen LogP contribution in [0.3, 0.4) is 0 Å². The van der Waals surface area contributed by atoms with Crippen molar-refractivity contribution in [3.63, 3.8) is 0 Å². The molecule has 0 saturated carbocycles. The summed E-state index contributed by atoms with van der Waals surface area (Å²) in [6.07, 6.45) is 0.443. The van der Waals surface area contributed by atoms with E-state index in [1.807, 2.05) is 12.1 Å². The standard InChI is InChI=1S/C31H28F2N4O4/c32-23-5-1-3-19(15-23)28(20-4-2-6-24(33)16-20)35-11-13-36(14-12-35)30(40)21-7-8-22-18-37(31(41)25(22)17-21)26-9-10-27(38)34-29(26)39/h1-8,15-17,26,28H,9-14,18H2,(H,34,38,39). The monoisotopic (exact) mass is 558 g/mol. The largest absolute Gasteiger partial charge is 0.336 e. The number of fused-ring (bicyclic) bond motifs is 1. The average molecular weight is 559 g/mol. The van der Waals surface area contributed by atoms with Crippen molar-refractivity contribution in [1.82, 2.24) is 20.0 Å². The highest BCUT2D eigenvalue weighted by atomic mass is 19.1. The van der Waals surface area contributed by atoms with E-state index in [1.165, 1.54) is 29.2 Å². The number of hydrogen-bond acceptors (Lipinski definition) is 5. The number of amides is 4. The number of hydrogen-bond donors (Lipinski definition) is 1. The van der Waals surface area contributed by atoms with Crippen LogP contribution in [-0.4, -0.2) is 70.5 Å². The van der Waals surface area contributed by atoms with Crippen molar-refractivity contribution < 1.29 is 28.0 Å². The van der Waals surface area contributed by atoms with Gasteiger partial charge in [0.05, 0.1) is 6.04 Å². The van der Waals surface area contributed by atoms with E-state index in [2.05, 4.69) is 10.2 Å². The van der Waals surface area contributed by atoms with Gasteiger partial charge in [0.1, 0.15) is 17.7 Å². The Hall–Kier alpha value is -4.44. The van der Waals surface area contributed by atoms with Gasteiger partial charge in [-0.2, -0.15) is 0 Å². The number of carbonyl (C=O) groups is 4. The molecule has 1 atom stereocenters. The van der Waals surface area contributed by atoms with Crippen molar-refractivity contribution in [2.75, 3.05) is 26.2 Å². The predicted octanol–water partition coefficient (Wildman–Crippen LogP) is 3.27. The van der Waals surface area contributed by atoms with Crippen molar-refractivity contribution in [3.8, 4) is 0 Å². The smallest absolute Gasteiger partial charge is 0.255 e. The fourth-order valence-electron chi connectivity index (χ4n) is 6.02. The van der Waals surface area contributed by atoms with Gasteiger partial charge < -0.3 is 9.80 Å². The van der Waals surface area contributed by atoms with E-state index in [4.69, 9.17) is 0 Å². The number of benzene rings is 3. The summed E-state index contributed by atoms with van der Waals surface area (Å²) < 4.78 is 28.3. The first-order chi connectivity index (χ1) is 19.8. The van der Waals surface area contributed by atoms with E-state index >= 15 is 0 Å². The van der Waals surface area contributed by atoms with Crippen LogP contribution in [0.5, 0.6) is 0 Å². The van der Waals surface area contributed by atoms with Gasteiger partial charge in [-0.3, -0.25) is 29.4 Å². The maximum Gasteiger partial charge on any atom is 0.255 e. The van der Waals surface area contributed by atoms with Gasteiger partial charge >= 0.3 is 0 Å². The average Bonchev–Trinajstić information content (AvgIpc) is 3.28. The number of nitrogens with zero attached hydrogens (tertiary/aromatic N) is 3. The molecule has 3 aromatic carbocycles. The summed E-state index contributed by atoms with van der Waals surface area (Å²) in [4.78, 5) is 55.8. The molecule has 2 fully saturated rings. The summed E-state index contributed by atoms with van der Waals surface area (Å²) in [5.41, 5.74) is 2.90. The molecule has 210 valence electrons. The van der Waals surface area contributed by atoms with Crippen LogP contribution >= 0.6 is 0 Å². The minimum atomic E-state index is -0.719. The molecule has 0 spiro atoms. The van der Waals surface area contributed by atoms with Crippen LogP contribution in [0.25, 0.3) is 0 Å². The quantitative estimate of drug-likeness (QED) is 0.486. The number of piperazine rings is 1. The summed E-state index contributed by atoms with van der Waals surface area (Å²) >= 11 is 0. The highest BCUT2D eigenvalue weighted by Gasteiger charge is 2.39. The lowest BCUT2D eigenvalue weighted by atomic mass is 9.96. The molecule has 41 heavy (non-hydrogen) atoms. The second-order valence-electron chi connectivity index (χ2n) is 10.6. The zero-order chi connectivity index (χ0) is 28.7. The van der Waals surface area contributed by atoms with Crippen molar-refractivity contribution in [1.29, 1.82) is 0 Å². The third-order valence-electron chi connectivity index (χ3n) is 8.07. The number of carbonyl (C=O) groups excluding carboxylic acids is 4. The Bertz CT molecular complexity index is 1510. The number of nitrogens with one attached hydrogen (secondary N) is 1. The highest BCUT2D eigenvalue weighted by molar-refractivity contribution is 6.06. The third-order valence-corrected chi connectivity index (χ3v) is 8.07. The van der Waals surface area contributed by atoms with Gasteiger partial charge in [0.2, 0.25) is 11.8 Å². The van der Waals surface area contributed by atoms with Crippen LogP contribution < -0.4 is 5.32 Å². The molecule has 8 nitrogen and oxygen atoms in total. The molecule has 10 heteroatoms. The highest BCUT2D eigenvalue weighted by Crippen LogP contribution is 2.32. The second kappa shape index (κ2) is 10.9. The summed E-state index contributed by atoms with van der Waals surface area (Å²) in [5, 5.41) is 2.29. The molecule has 0 aromatic heterocycles. The first-order valence-corrected chi connectivity index (χ1v) is 13.6. The van der Waals surface area contributed by atoms with Crippen LogP contribution in [0.1, 0.15) is 56.3 Å². The number of imide groups is 1. The lowest BCUT2D eigenvalue weighted by Crippen LogP contribution is -2.52. The third kappa shape index (κ3) is 5.22. The van der Waals surface area contributed by atoms with Crippen LogP contribution in [0.15, 0.2) is 66.7 Å². The minimum Gasteiger partial charge on any atom is -0.336 e. The van der Waals surface area contributed by atoms with Gasteiger partial charge in [0.15, 0.2) is 0 Å². The minimum absolute atomic E-state index is 0.172. The zero-order valence-electron chi connectivity index (χ0n) is 22.2. The van der Waals surface area contributed by atoms with Gasteiger partial charge in [0, 0.05) is 50.3 Å². The van der Waals surface area contributed by atoms with E-state index in [-0.39, 0.29) is 54.8 Å². The van der Waals surface area contributed by atoms with Gasteiger partial charge in [-0.1, -0.05) is 30.3 Å². The van der Waals surface area contributed by atoms with Crippen molar-refractivity contribution in [2.45, 2.75) is 31.5 Å². The molecular formula is C31H28F2N4O4. The Morgan fingerprint density at radius 2 is 1.51 bits per heavy atom. The topological polar surface area (TPSA) is 90.0 Å². The van der Waals surface area contributed by atoms with Gasteiger partial charge in [-0.15, -0.1) is 0 Å². The predicted molar refractivity (Wildman–Crippen MR) is 145 cm³/mol. The van der Waals surface area contributed by atoms with Crippen LogP contribution in [0.2, 0.25) is 0 Å². The van der Waals surface area contributed by atoms with Crippen LogP contribution in [0.4, 0.5) is 8.78 Å². The molecule has 0 bridgehead atoms. The number of halogens is 2. The summed E-state index contributed by atoms with van der Waals surface area (Å²) in [6.45, 7) is 2.00. The maximum absolute atomic E-state index is 14.1. The fraction of sp³-hybridized carbons (Fsp3) is 0.290. The molecule has 3 aliphatic heterocycles. The van der Waals surface area contributed by atoms with E-state index in [0.717, 1.165) is 5.56 Å². The lowest BCUT2D eigenvalue weighted by Gasteiger charge is -2.39. The molecule has 3 aliphatic rings. The van der Waals surface area contributed by atoms with Crippen molar-refractivity contribution >= 4 is 23.6 Å². The van der Waals surface area contributed by atoms with E-state index in [0.29, 0.717) is 48.4 Å². The molecule has 6 rings (SSSR count).